The van der Waals surface area contributed by atoms with Crippen LogP contribution >= 0.6 is 0 Å². The fraction of sp³-hybridized carbons (Fsp3) is 0.684. The number of nitrogens with zero attached hydrogens (tertiary/aromatic N) is 2. The molecule has 1 atom stereocenters. The van der Waals surface area contributed by atoms with E-state index < -0.39 is 0 Å². The second kappa shape index (κ2) is 6.93. The van der Waals surface area contributed by atoms with Gasteiger partial charge in [-0.25, -0.2) is 0 Å². The summed E-state index contributed by atoms with van der Waals surface area (Å²) in [4.78, 5) is 5.21. The molecule has 0 bridgehead atoms. The minimum atomic E-state index is 0.755. The highest BCUT2D eigenvalue weighted by Gasteiger charge is 2.25. The molecule has 0 radical (unpaired) electrons. The quantitative estimate of drug-likeness (QED) is 0.839. The molecule has 2 aliphatic rings. The Bertz CT molecular complexity index is 431. The molecule has 0 amide bonds. The third kappa shape index (κ3) is 4.08. The van der Waals surface area contributed by atoms with Gasteiger partial charge in [0.2, 0.25) is 0 Å². The van der Waals surface area contributed by atoms with Gasteiger partial charge in [-0.15, -0.1) is 0 Å². The van der Waals surface area contributed by atoms with Crippen LogP contribution in [0, 0.1) is 12.8 Å². The topological polar surface area (TPSA) is 6.48 Å². The summed E-state index contributed by atoms with van der Waals surface area (Å²) in [6, 6.07) is 9.23. The predicted molar refractivity (Wildman–Crippen MR) is 89.8 cm³/mol. The molecule has 116 valence electrons. The minimum absolute atomic E-state index is 0.755. The monoisotopic (exact) mass is 286 g/mol. The maximum absolute atomic E-state index is 2.74. The molecular formula is C19H30N2. The van der Waals surface area contributed by atoms with Crippen molar-refractivity contribution in [3.63, 3.8) is 0 Å². The molecule has 21 heavy (non-hydrogen) atoms. The Hall–Kier alpha value is -0.860. The van der Waals surface area contributed by atoms with E-state index in [4.69, 9.17) is 0 Å². The summed E-state index contributed by atoms with van der Waals surface area (Å²) < 4.78 is 0. The third-order valence-corrected chi connectivity index (χ3v) is 5.41. The molecule has 1 unspecified atom stereocenters. The van der Waals surface area contributed by atoms with Gasteiger partial charge in [0.1, 0.15) is 0 Å². The van der Waals surface area contributed by atoms with Crippen LogP contribution in [0.3, 0.4) is 0 Å². The lowest BCUT2D eigenvalue weighted by atomic mass is 9.89. The maximum atomic E-state index is 2.74. The van der Waals surface area contributed by atoms with Gasteiger partial charge in [-0.2, -0.15) is 0 Å². The van der Waals surface area contributed by atoms with E-state index in [1.54, 1.807) is 5.56 Å². The first-order valence-electron chi connectivity index (χ1n) is 8.68. The average Bonchev–Trinajstić information content (AvgIpc) is 2.51. The lowest BCUT2D eigenvalue weighted by Gasteiger charge is -2.37. The van der Waals surface area contributed by atoms with Gasteiger partial charge in [-0.05, 0) is 76.7 Å². The van der Waals surface area contributed by atoms with Gasteiger partial charge in [0.05, 0.1) is 0 Å². The van der Waals surface area contributed by atoms with Gasteiger partial charge >= 0.3 is 0 Å². The van der Waals surface area contributed by atoms with E-state index in [2.05, 4.69) is 48.0 Å². The second-order valence-electron chi connectivity index (χ2n) is 7.26. The fourth-order valence-corrected chi connectivity index (χ4v) is 3.94. The Labute approximate surface area is 130 Å². The molecule has 0 aromatic heterocycles. The molecule has 1 aromatic rings. The highest BCUT2D eigenvalue weighted by Crippen LogP contribution is 2.28. The molecule has 2 saturated heterocycles. The van der Waals surface area contributed by atoms with Gasteiger partial charge < -0.3 is 9.80 Å². The van der Waals surface area contributed by atoms with Crippen molar-refractivity contribution in [2.75, 3.05) is 39.8 Å². The normalized spacial score (nSPS) is 26.1. The Morgan fingerprint density at radius 3 is 2.43 bits per heavy atom. The minimum Gasteiger partial charge on any atom is -0.306 e. The average molecular weight is 286 g/mol. The van der Waals surface area contributed by atoms with E-state index in [0.29, 0.717) is 0 Å². The standard InChI is InChI=1S/C19H30N2/c1-16-5-7-18(8-6-16)19-4-3-11-21(15-19)14-17-9-12-20(2)13-10-17/h5-8,17,19H,3-4,9-15H2,1-2H3. The Balaban J connectivity index is 1.54. The molecule has 2 heteroatoms. The van der Waals surface area contributed by atoms with E-state index in [1.165, 1.54) is 64.0 Å². The predicted octanol–water partition coefficient (Wildman–Crippen LogP) is 3.52. The molecule has 3 rings (SSSR count). The van der Waals surface area contributed by atoms with E-state index in [-0.39, 0.29) is 0 Å². The van der Waals surface area contributed by atoms with E-state index in [0.717, 1.165) is 11.8 Å². The van der Waals surface area contributed by atoms with Crippen LogP contribution < -0.4 is 0 Å². The molecule has 0 aliphatic carbocycles. The third-order valence-electron chi connectivity index (χ3n) is 5.41. The number of aryl methyl sites for hydroxylation is 1. The van der Waals surface area contributed by atoms with Crippen molar-refractivity contribution in [2.24, 2.45) is 5.92 Å². The zero-order valence-corrected chi connectivity index (χ0v) is 13.7. The van der Waals surface area contributed by atoms with Gasteiger partial charge in [-0.1, -0.05) is 29.8 Å². The van der Waals surface area contributed by atoms with E-state index in [9.17, 15) is 0 Å². The van der Waals surface area contributed by atoms with Crippen LogP contribution in [0.1, 0.15) is 42.7 Å². The maximum Gasteiger partial charge on any atom is 0.00504 e. The highest BCUT2D eigenvalue weighted by atomic mass is 15.1. The lowest BCUT2D eigenvalue weighted by Crippen LogP contribution is -2.41. The molecule has 2 fully saturated rings. The van der Waals surface area contributed by atoms with Crippen molar-refractivity contribution in [3.05, 3.63) is 35.4 Å². The smallest absolute Gasteiger partial charge is 0.00504 e. The van der Waals surface area contributed by atoms with Crippen molar-refractivity contribution < 1.29 is 0 Å². The number of hydrogen-bond acceptors (Lipinski definition) is 2. The van der Waals surface area contributed by atoms with Crippen molar-refractivity contribution in [2.45, 2.75) is 38.5 Å². The Morgan fingerprint density at radius 1 is 1.00 bits per heavy atom. The molecule has 2 heterocycles. The Kier molecular flexibility index (Phi) is 4.97. The zero-order chi connectivity index (χ0) is 14.7. The van der Waals surface area contributed by atoms with Crippen LogP contribution in [-0.2, 0) is 0 Å². The fourth-order valence-electron chi connectivity index (χ4n) is 3.94. The molecular weight excluding hydrogens is 256 g/mol. The first-order chi connectivity index (χ1) is 10.2. The molecule has 0 N–H and O–H groups in total. The number of piperidine rings is 2. The molecule has 2 nitrogen and oxygen atoms in total. The zero-order valence-electron chi connectivity index (χ0n) is 13.7. The molecule has 2 aliphatic heterocycles. The van der Waals surface area contributed by atoms with Gasteiger partial charge in [-0.3, -0.25) is 0 Å². The van der Waals surface area contributed by atoms with Crippen molar-refractivity contribution in [1.82, 2.24) is 9.80 Å². The number of hydrogen-bond donors (Lipinski definition) is 0. The first kappa shape index (κ1) is 15.1. The van der Waals surface area contributed by atoms with Crippen molar-refractivity contribution >= 4 is 0 Å². The van der Waals surface area contributed by atoms with Crippen molar-refractivity contribution in [1.29, 1.82) is 0 Å². The summed E-state index contributed by atoms with van der Waals surface area (Å²) in [5.41, 5.74) is 2.92. The number of rotatable bonds is 3. The largest absolute Gasteiger partial charge is 0.306 e. The van der Waals surface area contributed by atoms with Crippen LogP contribution in [0.25, 0.3) is 0 Å². The van der Waals surface area contributed by atoms with Crippen molar-refractivity contribution in [3.8, 4) is 0 Å². The van der Waals surface area contributed by atoms with Crippen LogP contribution in [0.4, 0.5) is 0 Å². The van der Waals surface area contributed by atoms with Crippen LogP contribution in [0.15, 0.2) is 24.3 Å². The van der Waals surface area contributed by atoms with E-state index in [1.807, 2.05) is 0 Å². The summed E-state index contributed by atoms with van der Waals surface area (Å²) in [5.74, 6) is 1.68. The molecule has 1 aromatic carbocycles. The number of benzene rings is 1. The van der Waals surface area contributed by atoms with Crippen LogP contribution in [-0.4, -0.2) is 49.6 Å². The van der Waals surface area contributed by atoms with E-state index >= 15 is 0 Å². The summed E-state index contributed by atoms with van der Waals surface area (Å²) in [5, 5.41) is 0. The van der Waals surface area contributed by atoms with Crippen LogP contribution in [0.2, 0.25) is 0 Å². The second-order valence-corrected chi connectivity index (χ2v) is 7.26. The summed E-state index contributed by atoms with van der Waals surface area (Å²) in [6.45, 7) is 8.68. The van der Waals surface area contributed by atoms with Gasteiger partial charge in [0.15, 0.2) is 0 Å². The summed E-state index contributed by atoms with van der Waals surface area (Å²) in [6.07, 6.45) is 5.52. The van der Waals surface area contributed by atoms with Gasteiger partial charge in [0.25, 0.3) is 0 Å². The van der Waals surface area contributed by atoms with Gasteiger partial charge in [0, 0.05) is 13.1 Å². The number of likely N-dealkylation sites (tertiary alicyclic amines) is 2. The summed E-state index contributed by atoms with van der Waals surface area (Å²) in [7, 11) is 2.25. The summed E-state index contributed by atoms with van der Waals surface area (Å²) >= 11 is 0. The molecule has 0 spiro atoms. The first-order valence-corrected chi connectivity index (χ1v) is 8.68. The highest BCUT2D eigenvalue weighted by molar-refractivity contribution is 5.25. The van der Waals surface area contributed by atoms with Crippen LogP contribution in [0.5, 0.6) is 0 Å². The SMILES string of the molecule is Cc1ccc(C2CCCN(CC3CCN(C)CC3)C2)cc1. The molecule has 0 saturated carbocycles. The Morgan fingerprint density at radius 2 is 1.71 bits per heavy atom. The lowest BCUT2D eigenvalue weighted by molar-refractivity contribution is 0.136.